The van der Waals surface area contributed by atoms with Crippen LogP contribution in [0.4, 0.5) is 17.1 Å². The molecule has 1 saturated heterocycles. The summed E-state index contributed by atoms with van der Waals surface area (Å²) in [5.41, 5.74) is 1.28. The number of non-ortho nitro benzene ring substituents is 1. The van der Waals surface area contributed by atoms with Gasteiger partial charge in [-0.2, -0.15) is 4.31 Å². The Bertz CT molecular complexity index is 1160. The maximum atomic E-state index is 13.0. The number of morpholine rings is 1. The van der Waals surface area contributed by atoms with Crippen LogP contribution in [0.3, 0.4) is 0 Å². The molecule has 34 heavy (non-hydrogen) atoms. The number of nitrogens with one attached hydrogen (secondary N) is 2. The molecule has 0 aromatic heterocycles. The molecule has 11 nitrogen and oxygen atoms in total. The van der Waals surface area contributed by atoms with Crippen LogP contribution in [0.5, 0.6) is 5.75 Å². The summed E-state index contributed by atoms with van der Waals surface area (Å²) in [5.74, 6) is 0.00383. The Morgan fingerprint density at radius 1 is 1.18 bits per heavy atom. The molecular weight excluding hydrogens is 464 g/mol. The second-order valence-electron chi connectivity index (χ2n) is 8.00. The number of nitro benzene ring substituents is 1. The molecule has 0 bridgehead atoms. The molecule has 0 atom stereocenters. The summed E-state index contributed by atoms with van der Waals surface area (Å²) in [6.45, 7) is 6.37. The Morgan fingerprint density at radius 3 is 2.50 bits per heavy atom. The minimum atomic E-state index is -3.73. The van der Waals surface area contributed by atoms with Crippen molar-refractivity contribution in [3.05, 3.63) is 52.1 Å². The molecule has 184 valence electrons. The van der Waals surface area contributed by atoms with Crippen LogP contribution >= 0.6 is 0 Å². The molecule has 0 radical (unpaired) electrons. The van der Waals surface area contributed by atoms with Crippen molar-refractivity contribution >= 4 is 33.0 Å². The van der Waals surface area contributed by atoms with Crippen molar-refractivity contribution in [3.8, 4) is 5.75 Å². The first kappa shape index (κ1) is 25.4. The summed E-state index contributed by atoms with van der Waals surface area (Å²) in [5, 5.41) is 16.5. The number of hydrogen-bond acceptors (Lipinski definition) is 8. The lowest BCUT2D eigenvalue weighted by atomic mass is 10.2. The van der Waals surface area contributed by atoms with Crippen molar-refractivity contribution in [1.82, 2.24) is 4.31 Å². The molecule has 12 heteroatoms. The minimum absolute atomic E-state index is 0.0672. The molecule has 3 rings (SSSR count). The molecule has 0 unspecified atom stereocenters. The maximum absolute atomic E-state index is 13.0. The smallest absolute Gasteiger partial charge is 0.269 e. The summed E-state index contributed by atoms with van der Waals surface area (Å²) in [7, 11) is -3.73. The van der Waals surface area contributed by atoms with E-state index in [1.54, 1.807) is 13.0 Å². The molecular formula is C22H28N4O7S. The first-order valence-corrected chi connectivity index (χ1v) is 12.2. The summed E-state index contributed by atoms with van der Waals surface area (Å²) in [6.07, 6.45) is -0.168. The molecule has 0 saturated carbocycles. The number of nitro groups is 1. The van der Waals surface area contributed by atoms with E-state index in [1.807, 2.05) is 13.8 Å². The highest BCUT2D eigenvalue weighted by Crippen LogP contribution is 2.30. The number of carbonyl (C=O) groups excluding carboxylic acids is 1. The summed E-state index contributed by atoms with van der Waals surface area (Å²) in [6, 6.07) is 8.64. The number of ether oxygens (including phenoxy) is 2. The van der Waals surface area contributed by atoms with Crippen LogP contribution < -0.4 is 15.4 Å². The van der Waals surface area contributed by atoms with Gasteiger partial charge >= 0.3 is 0 Å². The van der Waals surface area contributed by atoms with E-state index in [0.717, 1.165) is 0 Å². The topological polar surface area (TPSA) is 140 Å². The lowest BCUT2D eigenvalue weighted by Crippen LogP contribution is -2.40. The number of hydrogen-bond donors (Lipinski definition) is 2. The molecule has 2 N–H and O–H groups in total. The minimum Gasteiger partial charge on any atom is -0.489 e. The van der Waals surface area contributed by atoms with Crippen LogP contribution in [0.1, 0.15) is 19.4 Å². The van der Waals surface area contributed by atoms with Crippen molar-refractivity contribution in [3.63, 3.8) is 0 Å². The van der Waals surface area contributed by atoms with E-state index in [4.69, 9.17) is 9.47 Å². The zero-order chi connectivity index (χ0) is 24.9. The average molecular weight is 493 g/mol. The fraction of sp³-hybridized carbons (Fsp3) is 0.409. The van der Waals surface area contributed by atoms with Crippen LogP contribution in [-0.2, 0) is 19.6 Å². The molecule has 2 aromatic rings. The fourth-order valence-electron chi connectivity index (χ4n) is 3.37. The van der Waals surface area contributed by atoms with Gasteiger partial charge in [0.25, 0.3) is 5.69 Å². The SMILES string of the molecule is Cc1cc([N+](=O)[O-])ccc1NC(=O)CNc1cc(S(=O)(=O)N2CCOCC2)ccc1OC(C)C. The summed E-state index contributed by atoms with van der Waals surface area (Å²) in [4.78, 5) is 23.0. The van der Waals surface area contributed by atoms with Crippen LogP contribution in [0, 0.1) is 17.0 Å². The van der Waals surface area contributed by atoms with Crippen molar-refractivity contribution in [2.24, 2.45) is 0 Å². The van der Waals surface area contributed by atoms with E-state index < -0.39 is 20.9 Å². The number of nitrogens with zero attached hydrogens (tertiary/aromatic N) is 2. The van der Waals surface area contributed by atoms with E-state index >= 15 is 0 Å². The van der Waals surface area contributed by atoms with Gasteiger partial charge in [-0.1, -0.05) is 0 Å². The van der Waals surface area contributed by atoms with Crippen LogP contribution in [0.2, 0.25) is 0 Å². The average Bonchev–Trinajstić information content (AvgIpc) is 2.79. The molecule has 1 amide bonds. The lowest BCUT2D eigenvalue weighted by Gasteiger charge is -2.26. The van der Waals surface area contributed by atoms with E-state index in [9.17, 15) is 23.3 Å². The first-order chi connectivity index (χ1) is 16.1. The van der Waals surface area contributed by atoms with Crippen LogP contribution in [-0.4, -0.2) is 62.5 Å². The monoisotopic (exact) mass is 492 g/mol. The Morgan fingerprint density at radius 2 is 1.88 bits per heavy atom. The zero-order valence-electron chi connectivity index (χ0n) is 19.2. The number of carbonyl (C=O) groups is 1. The fourth-order valence-corrected chi connectivity index (χ4v) is 4.81. The Kier molecular flexibility index (Phi) is 8.07. The lowest BCUT2D eigenvalue weighted by molar-refractivity contribution is -0.384. The van der Waals surface area contributed by atoms with Gasteiger partial charge in [0, 0.05) is 30.9 Å². The van der Waals surface area contributed by atoms with E-state index in [0.29, 0.717) is 35.9 Å². The first-order valence-electron chi connectivity index (χ1n) is 10.8. The van der Waals surface area contributed by atoms with Crippen LogP contribution in [0.15, 0.2) is 41.3 Å². The third-order valence-corrected chi connectivity index (χ3v) is 6.95. The van der Waals surface area contributed by atoms with Gasteiger partial charge in [0.2, 0.25) is 15.9 Å². The highest BCUT2D eigenvalue weighted by molar-refractivity contribution is 7.89. The maximum Gasteiger partial charge on any atom is 0.269 e. The molecule has 0 aliphatic carbocycles. The van der Waals surface area contributed by atoms with E-state index in [-0.39, 0.29) is 36.3 Å². The van der Waals surface area contributed by atoms with Crippen LogP contribution in [0.25, 0.3) is 0 Å². The third kappa shape index (κ3) is 6.22. The Labute approximate surface area is 198 Å². The van der Waals surface area contributed by atoms with Crippen molar-refractivity contribution < 1.29 is 27.6 Å². The molecule has 1 heterocycles. The summed E-state index contributed by atoms with van der Waals surface area (Å²) >= 11 is 0. The molecule has 0 spiro atoms. The summed E-state index contributed by atoms with van der Waals surface area (Å²) < 4.78 is 38.5. The van der Waals surface area contributed by atoms with Gasteiger partial charge in [-0.05, 0) is 50.6 Å². The number of sulfonamides is 1. The second kappa shape index (κ2) is 10.8. The van der Waals surface area contributed by atoms with Gasteiger partial charge in [0.05, 0.1) is 41.4 Å². The number of rotatable bonds is 9. The van der Waals surface area contributed by atoms with Crippen molar-refractivity contribution in [1.29, 1.82) is 0 Å². The molecule has 1 aliphatic heterocycles. The molecule has 1 aliphatic rings. The van der Waals surface area contributed by atoms with Crippen molar-refractivity contribution in [2.45, 2.75) is 31.8 Å². The number of aryl methyl sites for hydroxylation is 1. The Hall–Kier alpha value is -3.22. The number of amides is 1. The van der Waals surface area contributed by atoms with Gasteiger partial charge < -0.3 is 20.1 Å². The quantitative estimate of drug-likeness (QED) is 0.402. The predicted octanol–water partition coefficient (Wildman–Crippen LogP) is 2.76. The van der Waals surface area contributed by atoms with Gasteiger partial charge in [-0.15, -0.1) is 0 Å². The molecule has 2 aromatic carbocycles. The predicted molar refractivity (Wildman–Crippen MR) is 127 cm³/mol. The van der Waals surface area contributed by atoms with Gasteiger partial charge in [-0.25, -0.2) is 8.42 Å². The highest BCUT2D eigenvalue weighted by Gasteiger charge is 2.27. The highest BCUT2D eigenvalue weighted by atomic mass is 32.2. The zero-order valence-corrected chi connectivity index (χ0v) is 20.1. The Balaban J connectivity index is 1.77. The normalized spacial score (nSPS) is 14.6. The molecule has 1 fully saturated rings. The number of benzene rings is 2. The van der Waals surface area contributed by atoms with E-state index in [2.05, 4.69) is 10.6 Å². The van der Waals surface area contributed by atoms with Gasteiger partial charge in [0.1, 0.15) is 5.75 Å². The van der Waals surface area contributed by atoms with Gasteiger partial charge in [0.15, 0.2) is 0 Å². The second-order valence-corrected chi connectivity index (χ2v) is 9.94. The third-order valence-electron chi connectivity index (χ3n) is 5.06. The largest absolute Gasteiger partial charge is 0.489 e. The van der Waals surface area contributed by atoms with Crippen molar-refractivity contribution in [2.75, 3.05) is 43.5 Å². The number of anilines is 2. The van der Waals surface area contributed by atoms with E-state index in [1.165, 1.54) is 34.6 Å². The standard InChI is InChI=1S/C22H28N4O7S/c1-15(2)33-21-7-5-18(34(30,31)25-8-10-32-11-9-25)13-20(21)23-14-22(27)24-19-6-4-17(26(28)29)12-16(19)3/h4-7,12-13,15,23H,8-11,14H2,1-3H3,(H,24,27). The van der Waals surface area contributed by atoms with Gasteiger partial charge in [-0.3, -0.25) is 14.9 Å².